The molecule has 2 heteroatoms. The lowest BCUT2D eigenvalue weighted by Gasteiger charge is -2.54. The first kappa shape index (κ1) is 13.4. The Morgan fingerprint density at radius 2 is 1.88 bits per heavy atom. The van der Waals surface area contributed by atoms with Gasteiger partial charge in [0.15, 0.2) is 0 Å². The van der Waals surface area contributed by atoms with Crippen LogP contribution < -0.4 is 0 Å². The van der Waals surface area contributed by atoms with E-state index in [1.54, 1.807) is 0 Å². The molecule has 0 N–H and O–H groups in total. The summed E-state index contributed by atoms with van der Waals surface area (Å²) < 4.78 is 6.37. The van der Waals surface area contributed by atoms with Crippen molar-refractivity contribution in [1.29, 1.82) is 0 Å². The molecule has 0 aromatic carbocycles. The van der Waals surface area contributed by atoms with E-state index < -0.39 is 0 Å². The Labute approximate surface area is 107 Å². The Balaban J connectivity index is 2.31. The van der Waals surface area contributed by atoms with Crippen molar-refractivity contribution in [3.05, 3.63) is 0 Å². The Morgan fingerprint density at radius 1 is 1.18 bits per heavy atom. The summed E-state index contributed by atoms with van der Waals surface area (Å²) in [6.07, 6.45) is 5.09. The van der Waals surface area contributed by atoms with Crippen molar-refractivity contribution in [2.75, 3.05) is 6.61 Å². The van der Waals surface area contributed by atoms with Crippen LogP contribution in [0.3, 0.4) is 0 Å². The third-order valence-corrected chi connectivity index (χ3v) is 4.79. The Hall–Kier alpha value is -0.0800. The molecular weight excluding hydrogens is 210 g/mol. The van der Waals surface area contributed by atoms with Gasteiger partial charge in [0.25, 0.3) is 0 Å². The molecule has 1 spiro atoms. The van der Waals surface area contributed by atoms with E-state index >= 15 is 0 Å². The minimum absolute atomic E-state index is 0.0556. The van der Waals surface area contributed by atoms with E-state index in [0.29, 0.717) is 18.0 Å². The number of ether oxygens (including phenoxy) is 1. The third-order valence-electron chi connectivity index (χ3n) is 4.79. The van der Waals surface area contributed by atoms with Crippen LogP contribution in [0, 0.1) is 11.8 Å². The van der Waals surface area contributed by atoms with E-state index in [1.807, 2.05) is 0 Å². The number of hydrogen-bond donors (Lipinski definition) is 0. The first-order valence-electron chi connectivity index (χ1n) is 7.41. The highest BCUT2D eigenvalue weighted by atomic mass is 16.5. The van der Waals surface area contributed by atoms with Gasteiger partial charge in [-0.2, -0.15) is 0 Å². The molecule has 100 valence electrons. The molecule has 2 fully saturated rings. The summed E-state index contributed by atoms with van der Waals surface area (Å²) in [4.78, 5) is 2.67. The van der Waals surface area contributed by atoms with Crippen LogP contribution in [-0.4, -0.2) is 29.3 Å². The molecule has 1 aliphatic carbocycles. The molecule has 1 aliphatic heterocycles. The van der Waals surface area contributed by atoms with Crippen molar-refractivity contribution in [3.63, 3.8) is 0 Å². The molecule has 0 bridgehead atoms. The van der Waals surface area contributed by atoms with E-state index in [9.17, 15) is 0 Å². The predicted molar refractivity (Wildman–Crippen MR) is 71.9 cm³/mol. The molecule has 2 nitrogen and oxygen atoms in total. The fourth-order valence-corrected chi connectivity index (χ4v) is 4.28. The molecule has 3 unspecified atom stereocenters. The second kappa shape index (κ2) is 4.89. The van der Waals surface area contributed by atoms with Gasteiger partial charge in [-0.25, -0.2) is 0 Å². The monoisotopic (exact) mass is 239 g/mol. The lowest BCUT2D eigenvalue weighted by molar-refractivity contribution is -0.240. The third kappa shape index (κ3) is 2.15. The first-order chi connectivity index (χ1) is 7.99. The van der Waals surface area contributed by atoms with Crippen molar-refractivity contribution >= 4 is 0 Å². The fraction of sp³-hybridized carbons (Fsp3) is 1.00. The summed E-state index contributed by atoms with van der Waals surface area (Å²) in [6.45, 7) is 12.7. The van der Waals surface area contributed by atoms with Gasteiger partial charge in [0.05, 0.1) is 6.61 Å². The number of hydrogen-bond acceptors (Lipinski definition) is 2. The van der Waals surface area contributed by atoms with Crippen molar-refractivity contribution in [2.45, 2.75) is 78.1 Å². The highest BCUT2D eigenvalue weighted by molar-refractivity contribution is 5.00. The predicted octanol–water partition coefficient (Wildman–Crippen LogP) is 3.66. The average molecular weight is 239 g/mol. The van der Waals surface area contributed by atoms with E-state index in [1.165, 1.54) is 25.7 Å². The molecule has 0 radical (unpaired) electrons. The van der Waals surface area contributed by atoms with Crippen LogP contribution in [0.5, 0.6) is 0 Å². The van der Waals surface area contributed by atoms with Gasteiger partial charge in [0.1, 0.15) is 5.72 Å². The highest BCUT2D eigenvalue weighted by Gasteiger charge is 2.53. The molecule has 1 saturated heterocycles. The summed E-state index contributed by atoms with van der Waals surface area (Å²) >= 11 is 0. The van der Waals surface area contributed by atoms with Gasteiger partial charge in [-0.15, -0.1) is 0 Å². The van der Waals surface area contributed by atoms with Gasteiger partial charge >= 0.3 is 0 Å². The van der Waals surface area contributed by atoms with E-state index in [4.69, 9.17) is 4.74 Å². The minimum Gasteiger partial charge on any atom is -0.360 e. The summed E-state index contributed by atoms with van der Waals surface area (Å²) in [6, 6.07) is 1.26. The molecule has 0 aromatic heterocycles. The standard InChI is InChI=1S/C15H29NO/c1-11(2)14-7-6-9-15(14)16(12(3)4)13(5)8-10-17-15/h11-14H,6-10H2,1-5H3. The summed E-state index contributed by atoms with van der Waals surface area (Å²) in [7, 11) is 0. The fourth-order valence-electron chi connectivity index (χ4n) is 4.28. The average Bonchev–Trinajstić information content (AvgIpc) is 2.61. The zero-order valence-corrected chi connectivity index (χ0v) is 12.2. The molecular formula is C15H29NO. The minimum atomic E-state index is 0.0556. The van der Waals surface area contributed by atoms with E-state index in [2.05, 4.69) is 39.5 Å². The summed E-state index contributed by atoms with van der Waals surface area (Å²) in [5.74, 6) is 1.44. The van der Waals surface area contributed by atoms with Gasteiger partial charge in [-0.05, 0) is 52.4 Å². The van der Waals surface area contributed by atoms with Crippen molar-refractivity contribution < 1.29 is 4.74 Å². The molecule has 1 heterocycles. The zero-order chi connectivity index (χ0) is 12.6. The summed E-state index contributed by atoms with van der Waals surface area (Å²) in [5.41, 5.74) is 0.0556. The van der Waals surface area contributed by atoms with Crippen molar-refractivity contribution in [2.24, 2.45) is 11.8 Å². The second-order valence-electron chi connectivity index (χ2n) is 6.57. The molecule has 0 aromatic rings. The molecule has 0 amide bonds. The van der Waals surface area contributed by atoms with Crippen LogP contribution in [0.1, 0.15) is 60.3 Å². The molecule has 2 aliphatic rings. The molecule has 17 heavy (non-hydrogen) atoms. The number of nitrogens with zero attached hydrogens (tertiary/aromatic N) is 1. The van der Waals surface area contributed by atoms with E-state index in [0.717, 1.165) is 12.5 Å². The molecule has 1 saturated carbocycles. The van der Waals surface area contributed by atoms with Crippen LogP contribution in [0.15, 0.2) is 0 Å². The topological polar surface area (TPSA) is 12.5 Å². The lowest BCUT2D eigenvalue weighted by Crippen LogP contribution is -2.63. The lowest BCUT2D eigenvalue weighted by atomic mass is 9.84. The van der Waals surface area contributed by atoms with E-state index in [-0.39, 0.29) is 5.72 Å². The number of rotatable bonds is 2. The maximum atomic E-state index is 6.37. The van der Waals surface area contributed by atoms with Crippen LogP contribution >= 0.6 is 0 Å². The molecule has 2 rings (SSSR count). The normalized spacial score (nSPS) is 39.7. The van der Waals surface area contributed by atoms with Crippen LogP contribution in [0.2, 0.25) is 0 Å². The van der Waals surface area contributed by atoms with Gasteiger partial charge in [0.2, 0.25) is 0 Å². The highest BCUT2D eigenvalue weighted by Crippen LogP contribution is 2.48. The summed E-state index contributed by atoms with van der Waals surface area (Å²) in [5, 5.41) is 0. The Kier molecular flexibility index (Phi) is 3.84. The quantitative estimate of drug-likeness (QED) is 0.729. The van der Waals surface area contributed by atoms with Gasteiger partial charge in [0, 0.05) is 18.0 Å². The van der Waals surface area contributed by atoms with Crippen molar-refractivity contribution in [1.82, 2.24) is 4.90 Å². The van der Waals surface area contributed by atoms with Gasteiger partial charge < -0.3 is 4.74 Å². The molecule has 3 atom stereocenters. The largest absolute Gasteiger partial charge is 0.360 e. The first-order valence-corrected chi connectivity index (χ1v) is 7.41. The smallest absolute Gasteiger partial charge is 0.125 e. The second-order valence-corrected chi connectivity index (χ2v) is 6.57. The van der Waals surface area contributed by atoms with Gasteiger partial charge in [-0.1, -0.05) is 13.8 Å². The van der Waals surface area contributed by atoms with Crippen molar-refractivity contribution in [3.8, 4) is 0 Å². The maximum absolute atomic E-state index is 6.37. The van der Waals surface area contributed by atoms with Crippen LogP contribution in [0.4, 0.5) is 0 Å². The SMILES string of the molecule is CC(C)C1CCCC12OCCC(C)N2C(C)C. The van der Waals surface area contributed by atoms with Gasteiger partial charge in [-0.3, -0.25) is 4.90 Å². The van der Waals surface area contributed by atoms with Crippen LogP contribution in [0.25, 0.3) is 0 Å². The Morgan fingerprint density at radius 3 is 2.47 bits per heavy atom. The zero-order valence-electron chi connectivity index (χ0n) is 12.2. The maximum Gasteiger partial charge on any atom is 0.125 e. The van der Waals surface area contributed by atoms with Crippen LogP contribution in [-0.2, 0) is 4.74 Å². The Bertz CT molecular complexity index is 264.